The van der Waals surface area contributed by atoms with Crippen LogP contribution in [0.3, 0.4) is 0 Å². The zero-order valence-electron chi connectivity index (χ0n) is 9.63. The van der Waals surface area contributed by atoms with E-state index in [-0.39, 0.29) is 0 Å². The largest absolute Gasteiger partial charge is 0.312 e. The van der Waals surface area contributed by atoms with E-state index in [4.69, 9.17) is 23.2 Å². The molecule has 1 fully saturated rings. The van der Waals surface area contributed by atoms with Gasteiger partial charge in [0.15, 0.2) is 0 Å². The Kier molecular flexibility index (Phi) is 3.77. The molecule has 1 saturated carbocycles. The van der Waals surface area contributed by atoms with Gasteiger partial charge in [0.2, 0.25) is 0 Å². The SMILES string of the molecule is Cc1nn(C)c(Cl)c1CNCC1CC(Cl)C1. The van der Waals surface area contributed by atoms with Crippen LogP contribution in [0.4, 0.5) is 0 Å². The summed E-state index contributed by atoms with van der Waals surface area (Å²) in [5, 5.41) is 8.83. The molecule has 0 spiro atoms. The molecule has 1 aromatic rings. The molecule has 1 aliphatic rings. The molecule has 2 rings (SSSR count). The lowest BCUT2D eigenvalue weighted by Crippen LogP contribution is -2.33. The average molecular weight is 262 g/mol. The van der Waals surface area contributed by atoms with Crippen molar-refractivity contribution in [3.05, 3.63) is 16.4 Å². The normalized spacial score (nSPS) is 24.5. The van der Waals surface area contributed by atoms with E-state index in [1.54, 1.807) is 4.68 Å². The molecule has 0 radical (unpaired) electrons. The Morgan fingerprint density at radius 3 is 2.69 bits per heavy atom. The van der Waals surface area contributed by atoms with Gasteiger partial charge in [0.1, 0.15) is 5.15 Å². The maximum absolute atomic E-state index is 6.14. The van der Waals surface area contributed by atoms with Crippen molar-refractivity contribution in [1.82, 2.24) is 15.1 Å². The lowest BCUT2D eigenvalue weighted by Gasteiger charge is -2.30. The van der Waals surface area contributed by atoms with Gasteiger partial charge in [0.25, 0.3) is 0 Å². The van der Waals surface area contributed by atoms with Gasteiger partial charge in [-0.1, -0.05) is 11.6 Å². The van der Waals surface area contributed by atoms with Gasteiger partial charge < -0.3 is 5.32 Å². The summed E-state index contributed by atoms with van der Waals surface area (Å²) in [6.45, 7) is 3.80. The fourth-order valence-corrected chi connectivity index (χ4v) is 2.84. The molecule has 90 valence electrons. The van der Waals surface area contributed by atoms with Crippen LogP contribution in [0, 0.1) is 12.8 Å². The highest BCUT2D eigenvalue weighted by atomic mass is 35.5. The molecule has 1 aliphatic carbocycles. The predicted octanol–water partition coefficient (Wildman–Crippen LogP) is 2.49. The highest BCUT2D eigenvalue weighted by Crippen LogP contribution is 2.31. The molecule has 3 nitrogen and oxygen atoms in total. The number of aryl methyl sites for hydroxylation is 2. The third-order valence-electron chi connectivity index (χ3n) is 3.18. The van der Waals surface area contributed by atoms with Gasteiger partial charge in [0, 0.05) is 24.5 Å². The molecule has 0 saturated heterocycles. The van der Waals surface area contributed by atoms with Gasteiger partial charge in [-0.2, -0.15) is 5.10 Å². The van der Waals surface area contributed by atoms with E-state index in [9.17, 15) is 0 Å². The minimum atomic E-state index is 0.399. The van der Waals surface area contributed by atoms with Crippen molar-refractivity contribution in [1.29, 1.82) is 0 Å². The van der Waals surface area contributed by atoms with Crippen LogP contribution in [0.1, 0.15) is 24.1 Å². The summed E-state index contributed by atoms with van der Waals surface area (Å²) >= 11 is 12.1. The Hall–Kier alpha value is -0.250. The number of nitrogens with one attached hydrogen (secondary N) is 1. The molecule has 0 aliphatic heterocycles. The third kappa shape index (κ3) is 2.53. The first-order chi connectivity index (χ1) is 7.58. The van der Waals surface area contributed by atoms with Crippen molar-refractivity contribution >= 4 is 23.2 Å². The van der Waals surface area contributed by atoms with E-state index < -0.39 is 0 Å². The first-order valence-electron chi connectivity index (χ1n) is 5.60. The number of hydrogen-bond donors (Lipinski definition) is 1. The lowest BCUT2D eigenvalue weighted by atomic mass is 9.85. The summed E-state index contributed by atoms with van der Waals surface area (Å²) in [4.78, 5) is 0. The van der Waals surface area contributed by atoms with Crippen molar-refractivity contribution in [2.24, 2.45) is 13.0 Å². The molecule has 1 heterocycles. The second kappa shape index (κ2) is 4.94. The monoisotopic (exact) mass is 261 g/mol. The maximum Gasteiger partial charge on any atom is 0.131 e. The smallest absolute Gasteiger partial charge is 0.131 e. The van der Waals surface area contributed by atoms with E-state index in [2.05, 4.69) is 10.4 Å². The summed E-state index contributed by atoms with van der Waals surface area (Å²) in [5.41, 5.74) is 2.11. The standard InChI is InChI=1S/C11H17Cl2N3/c1-7-10(11(13)16(2)15-7)6-14-5-8-3-9(12)4-8/h8-9,14H,3-6H2,1-2H3. The Morgan fingerprint density at radius 1 is 1.50 bits per heavy atom. The molecule has 5 heteroatoms. The summed E-state index contributed by atoms with van der Waals surface area (Å²) < 4.78 is 1.71. The van der Waals surface area contributed by atoms with Crippen molar-refractivity contribution in [2.75, 3.05) is 6.54 Å². The van der Waals surface area contributed by atoms with Crippen LogP contribution in [0.15, 0.2) is 0 Å². The summed E-state index contributed by atoms with van der Waals surface area (Å²) in [7, 11) is 1.86. The molecular formula is C11H17Cl2N3. The third-order valence-corrected chi connectivity index (χ3v) is 4.01. The summed E-state index contributed by atoms with van der Waals surface area (Å²) in [6, 6.07) is 0. The maximum atomic E-state index is 6.14. The van der Waals surface area contributed by atoms with E-state index in [0.717, 1.165) is 48.3 Å². The predicted molar refractivity (Wildman–Crippen MR) is 67.0 cm³/mol. The Bertz CT molecular complexity index is 370. The quantitative estimate of drug-likeness (QED) is 0.845. The first-order valence-corrected chi connectivity index (χ1v) is 6.42. The Balaban J connectivity index is 1.81. The highest BCUT2D eigenvalue weighted by Gasteiger charge is 2.26. The van der Waals surface area contributed by atoms with Crippen LogP contribution < -0.4 is 5.32 Å². The minimum absolute atomic E-state index is 0.399. The van der Waals surface area contributed by atoms with Gasteiger partial charge in [-0.15, -0.1) is 11.6 Å². The molecule has 1 N–H and O–H groups in total. The van der Waals surface area contributed by atoms with Crippen LogP contribution in [-0.4, -0.2) is 21.7 Å². The summed E-state index contributed by atoms with van der Waals surface area (Å²) in [6.07, 6.45) is 2.27. The second-order valence-corrected chi connectivity index (χ2v) is 5.52. The van der Waals surface area contributed by atoms with Crippen molar-refractivity contribution in [3.8, 4) is 0 Å². The molecule has 0 aromatic carbocycles. The van der Waals surface area contributed by atoms with Gasteiger partial charge in [0.05, 0.1) is 5.69 Å². The van der Waals surface area contributed by atoms with Gasteiger partial charge in [-0.3, -0.25) is 4.68 Å². The molecule has 1 aromatic heterocycles. The highest BCUT2D eigenvalue weighted by molar-refractivity contribution is 6.30. The van der Waals surface area contributed by atoms with E-state index >= 15 is 0 Å². The fraction of sp³-hybridized carbons (Fsp3) is 0.727. The number of aromatic nitrogens is 2. The number of alkyl halides is 1. The van der Waals surface area contributed by atoms with Crippen molar-refractivity contribution in [2.45, 2.75) is 31.7 Å². The Labute approximate surface area is 106 Å². The van der Waals surface area contributed by atoms with E-state index in [0.29, 0.717) is 5.38 Å². The van der Waals surface area contributed by atoms with Gasteiger partial charge in [-0.25, -0.2) is 0 Å². The molecule has 0 amide bonds. The molecular weight excluding hydrogens is 245 g/mol. The number of halogens is 2. The topological polar surface area (TPSA) is 29.9 Å². The lowest BCUT2D eigenvalue weighted by molar-refractivity contribution is 0.308. The number of hydrogen-bond acceptors (Lipinski definition) is 2. The van der Waals surface area contributed by atoms with Crippen LogP contribution in [0.5, 0.6) is 0 Å². The Morgan fingerprint density at radius 2 is 2.19 bits per heavy atom. The molecule has 16 heavy (non-hydrogen) atoms. The molecule has 0 unspecified atom stereocenters. The molecule has 0 bridgehead atoms. The number of rotatable bonds is 4. The van der Waals surface area contributed by atoms with Crippen LogP contribution in [0.2, 0.25) is 5.15 Å². The zero-order valence-corrected chi connectivity index (χ0v) is 11.1. The fourth-order valence-electron chi connectivity index (χ4n) is 2.10. The summed E-state index contributed by atoms with van der Waals surface area (Å²) in [5.74, 6) is 0.734. The van der Waals surface area contributed by atoms with Crippen LogP contribution in [0.25, 0.3) is 0 Å². The van der Waals surface area contributed by atoms with Crippen molar-refractivity contribution in [3.63, 3.8) is 0 Å². The first kappa shape index (κ1) is 12.2. The average Bonchev–Trinajstić information content (AvgIpc) is 2.41. The second-order valence-electron chi connectivity index (χ2n) is 4.54. The number of nitrogens with zero attached hydrogens (tertiary/aromatic N) is 2. The van der Waals surface area contributed by atoms with E-state index in [1.165, 1.54) is 0 Å². The van der Waals surface area contributed by atoms with Gasteiger partial charge in [-0.05, 0) is 32.2 Å². The van der Waals surface area contributed by atoms with Crippen LogP contribution >= 0.6 is 23.2 Å². The minimum Gasteiger partial charge on any atom is -0.312 e. The zero-order chi connectivity index (χ0) is 11.7. The van der Waals surface area contributed by atoms with Crippen molar-refractivity contribution < 1.29 is 0 Å². The van der Waals surface area contributed by atoms with E-state index in [1.807, 2.05) is 14.0 Å². The van der Waals surface area contributed by atoms with Gasteiger partial charge >= 0.3 is 0 Å². The molecule has 0 atom stereocenters. The van der Waals surface area contributed by atoms with Crippen LogP contribution in [-0.2, 0) is 13.6 Å².